The minimum Gasteiger partial charge on any atom is -0.0991 e. The van der Waals surface area contributed by atoms with Crippen molar-refractivity contribution in [1.29, 1.82) is 0 Å². The summed E-state index contributed by atoms with van der Waals surface area (Å²) >= 11 is 0. The summed E-state index contributed by atoms with van der Waals surface area (Å²) in [4.78, 5) is 0. The minimum absolute atomic E-state index is 0.576. The van der Waals surface area contributed by atoms with Crippen molar-refractivity contribution in [2.45, 2.75) is 26.7 Å². The smallest absolute Gasteiger partial charge is 0.0124 e. The van der Waals surface area contributed by atoms with Crippen molar-refractivity contribution in [3.63, 3.8) is 0 Å². The lowest BCUT2D eigenvalue weighted by Gasteiger charge is -2.16. The maximum absolute atomic E-state index is 3.80. The first-order valence-corrected chi connectivity index (χ1v) is 6.31. The van der Waals surface area contributed by atoms with Crippen LogP contribution in [-0.4, -0.2) is 0 Å². The summed E-state index contributed by atoms with van der Waals surface area (Å²) in [5.41, 5.74) is 2.77. The molecule has 0 heterocycles. The highest BCUT2D eigenvalue weighted by Gasteiger charge is 2.10. The standard InChI is InChI=1S/C17H22/c1-4-10-17(11-5-2)16(6-3)14-15-12-8-7-9-13-15/h4-5,7-13,16H,1,6,14H2,2-3H3/b11-5-,17-10+. The van der Waals surface area contributed by atoms with Gasteiger partial charge in [-0.05, 0) is 36.8 Å². The Bertz CT molecular complexity index is 382. The van der Waals surface area contributed by atoms with Gasteiger partial charge in [-0.3, -0.25) is 0 Å². The van der Waals surface area contributed by atoms with E-state index in [0.717, 1.165) is 12.8 Å². The number of hydrogen-bond acceptors (Lipinski definition) is 0. The van der Waals surface area contributed by atoms with Gasteiger partial charge in [0.25, 0.3) is 0 Å². The number of rotatable bonds is 6. The van der Waals surface area contributed by atoms with E-state index in [9.17, 15) is 0 Å². The number of hydrogen-bond donors (Lipinski definition) is 0. The van der Waals surface area contributed by atoms with E-state index in [1.54, 1.807) is 0 Å². The average Bonchev–Trinajstić information content (AvgIpc) is 2.37. The molecule has 1 atom stereocenters. The van der Waals surface area contributed by atoms with E-state index in [0.29, 0.717) is 5.92 Å². The van der Waals surface area contributed by atoms with Crippen LogP contribution in [0.3, 0.4) is 0 Å². The Morgan fingerprint density at radius 1 is 1.29 bits per heavy atom. The van der Waals surface area contributed by atoms with Crippen LogP contribution >= 0.6 is 0 Å². The Morgan fingerprint density at radius 3 is 2.53 bits per heavy atom. The molecule has 0 aliphatic heterocycles. The van der Waals surface area contributed by atoms with Crippen LogP contribution in [-0.2, 0) is 6.42 Å². The molecule has 1 unspecified atom stereocenters. The molecule has 0 nitrogen and oxygen atoms in total. The van der Waals surface area contributed by atoms with E-state index in [4.69, 9.17) is 0 Å². The van der Waals surface area contributed by atoms with Crippen molar-refractivity contribution in [2.24, 2.45) is 5.92 Å². The summed E-state index contributed by atoms with van der Waals surface area (Å²) in [5.74, 6) is 0.576. The second-order valence-electron chi connectivity index (χ2n) is 4.20. The average molecular weight is 226 g/mol. The molecule has 0 spiro atoms. The zero-order valence-electron chi connectivity index (χ0n) is 10.9. The normalized spacial score (nSPS) is 13.9. The van der Waals surface area contributed by atoms with Crippen LogP contribution in [0.2, 0.25) is 0 Å². The topological polar surface area (TPSA) is 0 Å². The van der Waals surface area contributed by atoms with Crippen molar-refractivity contribution < 1.29 is 0 Å². The fourth-order valence-electron chi connectivity index (χ4n) is 2.05. The van der Waals surface area contributed by atoms with Gasteiger partial charge in [0.15, 0.2) is 0 Å². The Balaban J connectivity index is 2.83. The van der Waals surface area contributed by atoms with Crippen LogP contribution in [0.15, 0.2) is 66.8 Å². The van der Waals surface area contributed by atoms with Crippen LogP contribution in [0, 0.1) is 5.92 Å². The molecule has 0 amide bonds. The molecule has 90 valence electrons. The Hall–Kier alpha value is -1.56. The molecular formula is C17H22. The van der Waals surface area contributed by atoms with Gasteiger partial charge in [0.2, 0.25) is 0 Å². The molecule has 0 radical (unpaired) electrons. The minimum atomic E-state index is 0.576. The molecule has 0 bridgehead atoms. The summed E-state index contributed by atoms with van der Waals surface area (Å²) in [7, 11) is 0. The third-order valence-corrected chi connectivity index (χ3v) is 2.96. The van der Waals surface area contributed by atoms with Gasteiger partial charge in [0.1, 0.15) is 0 Å². The van der Waals surface area contributed by atoms with Gasteiger partial charge in [0, 0.05) is 0 Å². The summed E-state index contributed by atoms with van der Waals surface area (Å²) in [6.07, 6.45) is 10.5. The lowest BCUT2D eigenvalue weighted by Crippen LogP contribution is -2.05. The largest absolute Gasteiger partial charge is 0.0991 e. The van der Waals surface area contributed by atoms with Gasteiger partial charge in [-0.25, -0.2) is 0 Å². The maximum Gasteiger partial charge on any atom is -0.0124 e. The van der Waals surface area contributed by atoms with E-state index in [1.807, 2.05) is 6.08 Å². The number of benzene rings is 1. The van der Waals surface area contributed by atoms with Gasteiger partial charge >= 0.3 is 0 Å². The predicted octanol–water partition coefficient (Wildman–Crippen LogP) is 4.94. The SMILES string of the molecule is C=C/C=C(\C=C/C)C(CC)Cc1ccccc1. The van der Waals surface area contributed by atoms with E-state index in [2.05, 4.69) is 69.0 Å². The quantitative estimate of drug-likeness (QED) is 0.602. The zero-order valence-corrected chi connectivity index (χ0v) is 10.9. The molecule has 0 saturated heterocycles. The highest BCUT2D eigenvalue weighted by molar-refractivity contribution is 5.28. The summed E-state index contributed by atoms with van der Waals surface area (Å²) in [6.45, 7) is 8.10. The maximum atomic E-state index is 3.80. The lowest BCUT2D eigenvalue weighted by atomic mass is 9.89. The highest BCUT2D eigenvalue weighted by atomic mass is 14.1. The zero-order chi connectivity index (χ0) is 12.5. The molecule has 17 heavy (non-hydrogen) atoms. The fraction of sp³-hybridized carbons (Fsp3) is 0.294. The second-order valence-corrected chi connectivity index (χ2v) is 4.20. The number of allylic oxidation sites excluding steroid dienone is 5. The molecule has 0 aliphatic rings. The Morgan fingerprint density at radius 2 is 2.00 bits per heavy atom. The van der Waals surface area contributed by atoms with Gasteiger partial charge < -0.3 is 0 Å². The predicted molar refractivity (Wildman–Crippen MR) is 77.0 cm³/mol. The van der Waals surface area contributed by atoms with Gasteiger partial charge in [-0.2, -0.15) is 0 Å². The lowest BCUT2D eigenvalue weighted by molar-refractivity contribution is 0.600. The molecule has 1 rings (SSSR count). The molecule has 1 aromatic carbocycles. The van der Waals surface area contributed by atoms with Crippen molar-refractivity contribution in [3.8, 4) is 0 Å². The van der Waals surface area contributed by atoms with Crippen molar-refractivity contribution in [2.75, 3.05) is 0 Å². The third kappa shape index (κ3) is 4.44. The highest BCUT2D eigenvalue weighted by Crippen LogP contribution is 2.21. The molecule has 0 N–H and O–H groups in total. The summed E-state index contributed by atoms with van der Waals surface area (Å²) in [6, 6.07) is 10.7. The third-order valence-electron chi connectivity index (χ3n) is 2.96. The first-order valence-electron chi connectivity index (χ1n) is 6.31. The first kappa shape index (κ1) is 13.5. The summed E-state index contributed by atoms with van der Waals surface area (Å²) in [5, 5.41) is 0. The molecule has 0 fully saturated rings. The Kier molecular flexibility index (Phi) is 6.09. The van der Waals surface area contributed by atoms with Gasteiger partial charge in [-0.15, -0.1) is 0 Å². The summed E-state index contributed by atoms with van der Waals surface area (Å²) < 4.78 is 0. The van der Waals surface area contributed by atoms with Crippen molar-refractivity contribution in [1.82, 2.24) is 0 Å². The molecule has 1 aromatic rings. The van der Waals surface area contributed by atoms with Crippen LogP contribution in [0.25, 0.3) is 0 Å². The van der Waals surface area contributed by atoms with E-state index < -0.39 is 0 Å². The van der Waals surface area contributed by atoms with Crippen LogP contribution in [0.4, 0.5) is 0 Å². The van der Waals surface area contributed by atoms with E-state index in [1.165, 1.54) is 11.1 Å². The first-order chi connectivity index (χ1) is 8.31. The van der Waals surface area contributed by atoms with E-state index >= 15 is 0 Å². The van der Waals surface area contributed by atoms with Crippen molar-refractivity contribution in [3.05, 3.63) is 72.4 Å². The van der Waals surface area contributed by atoms with Crippen molar-refractivity contribution >= 4 is 0 Å². The molecule has 0 heteroatoms. The van der Waals surface area contributed by atoms with E-state index in [-0.39, 0.29) is 0 Å². The van der Waals surface area contributed by atoms with Gasteiger partial charge in [-0.1, -0.05) is 68.1 Å². The second kappa shape index (κ2) is 7.67. The van der Waals surface area contributed by atoms with Crippen LogP contribution in [0.1, 0.15) is 25.8 Å². The Labute approximate surface area is 105 Å². The molecule has 0 aromatic heterocycles. The van der Waals surface area contributed by atoms with Crippen LogP contribution < -0.4 is 0 Å². The molecule has 0 aliphatic carbocycles. The fourth-order valence-corrected chi connectivity index (χ4v) is 2.05. The molecule has 0 saturated carbocycles. The monoisotopic (exact) mass is 226 g/mol. The molecular weight excluding hydrogens is 204 g/mol. The van der Waals surface area contributed by atoms with Gasteiger partial charge in [0.05, 0.1) is 0 Å². The van der Waals surface area contributed by atoms with Crippen LogP contribution in [0.5, 0.6) is 0 Å².